The Labute approximate surface area is 123 Å². The average molecular weight is 349 g/mol. The van der Waals surface area contributed by atoms with E-state index in [1.54, 1.807) is 23.9 Å². The standard InChI is InChI=1S/C13H14BrFOS2/c1-8-13(18-6-5-17-8)11(16)7-9-3-2-4-10(15)12(9)14/h2-4,8,13H,5-7H2,1H3. The molecule has 0 amide bonds. The first-order chi connectivity index (χ1) is 8.59. The summed E-state index contributed by atoms with van der Waals surface area (Å²) in [7, 11) is 0. The van der Waals surface area contributed by atoms with Crippen molar-refractivity contribution in [2.75, 3.05) is 11.5 Å². The van der Waals surface area contributed by atoms with Crippen LogP contribution in [0.5, 0.6) is 0 Å². The summed E-state index contributed by atoms with van der Waals surface area (Å²) in [5.74, 6) is 2.03. The number of benzene rings is 1. The van der Waals surface area contributed by atoms with Crippen LogP contribution in [-0.4, -0.2) is 27.8 Å². The number of halogens is 2. The molecule has 0 saturated carbocycles. The number of ketones is 1. The normalized spacial score (nSPS) is 23.9. The van der Waals surface area contributed by atoms with Gasteiger partial charge in [0.1, 0.15) is 5.82 Å². The Balaban J connectivity index is 2.09. The fraction of sp³-hybridized carbons (Fsp3) is 0.462. The minimum absolute atomic E-state index is 0.0407. The van der Waals surface area contributed by atoms with Gasteiger partial charge in [0.25, 0.3) is 0 Å². The lowest BCUT2D eigenvalue weighted by Gasteiger charge is -2.26. The van der Waals surface area contributed by atoms with E-state index in [1.165, 1.54) is 6.07 Å². The smallest absolute Gasteiger partial charge is 0.151 e. The van der Waals surface area contributed by atoms with Gasteiger partial charge >= 0.3 is 0 Å². The molecule has 98 valence electrons. The molecule has 0 bridgehead atoms. The molecule has 1 aromatic carbocycles. The Morgan fingerprint density at radius 1 is 1.44 bits per heavy atom. The van der Waals surface area contributed by atoms with Crippen molar-refractivity contribution in [1.82, 2.24) is 0 Å². The molecule has 2 unspecified atom stereocenters. The summed E-state index contributed by atoms with van der Waals surface area (Å²) < 4.78 is 13.8. The molecule has 2 atom stereocenters. The number of carbonyl (C=O) groups excluding carboxylic acids is 1. The maximum absolute atomic E-state index is 13.4. The van der Waals surface area contributed by atoms with E-state index < -0.39 is 0 Å². The quantitative estimate of drug-likeness (QED) is 0.823. The second-order valence-corrected chi connectivity index (χ2v) is 7.75. The van der Waals surface area contributed by atoms with E-state index in [4.69, 9.17) is 0 Å². The van der Waals surface area contributed by atoms with Crippen LogP contribution in [0.1, 0.15) is 12.5 Å². The van der Waals surface area contributed by atoms with E-state index in [-0.39, 0.29) is 16.9 Å². The van der Waals surface area contributed by atoms with E-state index in [0.717, 1.165) is 17.1 Å². The SMILES string of the molecule is CC1SCCSC1C(=O)Cc1cccc(F)c1Br. The van der Waals surface area contributed by atoms with E-state index in [9.17, 15) is 9.18 Å². The predicted molar refractivity (Wildman–Crippen MR) is 81.0 cm³/mol. The average Bonchev–Trinajstić information content (AvgIpc) is 2.35. The predicted octanol–water partition coefficient (Wildman–Crippen LogP) is 3.94. The van der Waals surface area contributed by atoms with E-state index >= 15 is 0 Å². The Kier molecular flexibility index (Phi) is 5.15. The van der Waals surface area contributed by atoms with Crippen LogP contribution in [0.2, 0.25) is 0 Å². The van der Waals surface area contributed by atoms with Crippen molar-refractivity contribution < 1.29 is 9.18 Å². The minimum atomic E-state index is -0.306. The van der Waals surface area contributed by atoms with Crippen LogP contribution < -0.4 is 0 Å². The molecule has 0 N–H and O–H groups in total. The van der Waals surface area contributed by atoms with Crippen LogP contribution in [0.25, 0.3) is 0 Å². The number of hydrogen-bond acceptors (Lipinski definition) is 3. The maximum Gasteiger partial charge on any atom is 0.151 e. The molecule has 1 fully saturated rings. The van der Waals surface area contributed by atoms with E-state index in [2.05, 4.69) is 22.9 Å². The van der Waals surface area contributed by atoms with Gasteiger partial charge in [-0.2, -0.15) is 11.8 Å². The first kappa shape index (κ1) is 14.4. The van der Waals surface area contributed by atoms with Gasteiger partial charge in [0, 0.05) is 23.2 Å². The van der Waals surface area contributed by atoms with Gasteiger partial charge in [-0.05, 0) is 27.6 Å². The highest BCUT2D eigenvalue weighted by Gasteiger charge is 2.29. The number of carbonyl (C=O) groups is 1. The monoisotopic (exact) mass is 348 g/mol. The third-order valence-electron chi connectivity index (χ3n) is 2.90. The van der Waals surface area contributed by atoms with Gasteiger partial charge in [0.05, 0.1) is 9.72 Å². The zero-order valence-electron chi connectivity index (χ0n) is 9.99. The summed E-state index contributed by atoms with van der Waals surface area (Å²) in [6.45, 7) is 2.10. The lowest BCUT2D eigenvalue weighted by molar-refractivity contribution is -0.117. The van der Waals surface area contributed by atoms with Crippen LogP contribution in [0.15, 0.2) is 22.7 Å². The topological polar surface area (TPSA) is 17.1 Å². The van der Waals surface area contributed by atoms with Crippen LogP contribution in [0.3, 0.4) is 0 Å². The summed E-state index contributed by atoms with van der Waals surface area (Å²) >= 11 is 6.78. The zero-order valence-corrected chi connectivity index (χ0v) is 13.2. The number of thioether (sulfide) groups is 2. The molecule has 1 saturated heterocycles. The highest BCUT2D eigenvalue weighted by atomic mass is 79.9. The molecular formula is C13H14BrFOS2. The molecule has 0 aliphatic carbocycles. The fourth-order valence-electron chi connectivity index (χ4n) is 1.96. The van der Waals surface area contributed by atoms with E-state index in [0.29, 0.717) is 16.1 Å². The summed E-state index contributed by atoms with van der Waals surface area (Å²) in [4.78, 5) is 12.3. The molecular weight excluding hydrogens is 335 g/mol. The van der Waals surface area contributed by atoms with Crippen molar-refractivity contribution in [2.24, 2.45) is 0 Å². The Bertz CT molecular complexity index is 453. The molecule has 0 aromatic heterocycles. The largest absolute Gasteiger partial charge is 0.298 e. The number of hydrogen-bond donors (Lipinski definition) is 0. The van der Waals surface area contributed by atoms with Gasteiger partial charge in [-0.3, -0.25) is 4.79 Å². The zero-order chi connectivity index (χ0) is 13.1. The van der Waals surface area contributed by atoms with Gasteiger partial charge in [-0.25, -0.2) is 4.39 Å². The first-order valence-electron chi connectivity index (χ1n) is 5.78. The molecule has 1 aliphatic heterocycles. The minimum Gasteiger partial charge on any atom is -0.298 e. The maximum atomic E-state index is 13.4. The Hall–Kier alpha value is -0.000000000000000111. The van der Waals surface area contributed by atoms with Crippen molar-refractivity contribution in [3.8, 4) is 0 Å². The summed E-state index contributed by atoms with van der Waals surface area (Å²) in [5.41, 5.74) is 0.739. The third-order valence-corrected chi connectivity index (χ3v) is 6.93. The summed E-state index contributed by atoms with van der Waals surface area (Å²) in [5, 5.41) is 0.391. The van der Waals surface area contributed by atoms with Crippen LogP contribution in [-0.2, 0) is 11.2 Å². The van der Waals surface area contributed by atoms with Crippen LogP contribution >= 0.6 is 39.5 Å². The van der Waals surface area contributed by atoms with Crippen molar-refractivity contribution >= 4 is 45.2 Å². The second kappa shape index (κ2) is 6.44. The van der Waals surface area contributed by atoms with Gasteiger partial charge in [-0.1, -0.05) is 19.1 Å². The van der Waals surface area contributed by atoms with E-state index in [1.807, 2.05) is 11.8 Å². The van der Waals surface area contributed by atoms with Crippen LogP contribution in [0, 0.1) is 5.82 Å². The molecule has 1 nitrogen and oxygen atoms in total. The molecule has 0 radical (unpaired) electrons. The number of rotatable bonds is 3. The molecule has 18 heavy (non-hydrogen) atoms. The van der Waals surface area contributed by atoms with Gasteiger partial charge in [0.15, 0.2) is 5.78 Å². The molecule has 1 aliphatic rings. The molecule has 0 spiro atoms. The lowest BCUT2D eigenvalue weighted by atomic mass is 10.1. The Morgan fingerprint density at radius 2 is 2.17 bits per heavy atom. The van der Waals surface area contributed by atoms with Gasteiger partial charge < -0.3 is 0 Å². The lowest BCUT2D eigenvalue weighted by Crippen LogP contribution is -2.32. The summed E-state index contributed by atoms with van der Waals surface area (Å²) in [6, 6.07) is 4.84. The van der Waals surface area contributed by atoms with Crippen LogP contribution in [0.4, 0.5) is 4.39 Å². The van der Waals surface area contributed by atoms with Crippen molar-refractivity contribution in [2.45, 2.75) is 23.8 Å². The molecule has 1 aromatic rings. The molecule has 2 rings (SSSR count). The first-order valence-corrected chi connectivity index (χ1v) is 8.67. The van der Waals surface area contributed by atoms with Crippen molar-refractivity contribution in [1.29, 1.82) is 0 Å². The Morgan fingerprint density at radius 3 is 2.89 bits per heavy atom. The van der Waals surface area contributed by atoms with Gasteiger partial charge in [0.2, 0.25) is 0 Å². The summed E-state index contributed by atoms with van der Waals surface area (Å²) in [6.07, 6.45) is 0.306. The highest BCUT2D eigenvalue weighted by molar-refractivity contribution is 9.10. The third kappa shape index (κ3) is 3.31. The molecule has 5 heteroatoms. The van der Waals surface area contributed by atoms with Gasteiger partial charge in [-0.15, -0.1) is 11.8 Å². The van der Waals surface area contributed by atoms with Crippen molar-refractivity contribution in [3.05, 3.63) is 34.1 Å². The highest BCUT2D eigenvalue weighted by Crippen LogP contribution is 2.32. The second-order valence-electron chi connectivity index (χ2n) is 4.22. The molecule has 1 heterocycles. The van der Waals surface area contributed by atoms with Crippen molar-refractivity contribution in [3.63, 3.8) is 0 Å². The number of Topliss-reactive ketones (excluding diaryl/α,β-unsaturated/α-hetero) is 1. The fourth-order valence-corrected chi connectivity index (χ4v) is 5.10.